The van der Waals surface area contributed by atoms with Crippen LogP contribution < -0.4 is 15.1 Å². The van der Waals surface area contributed by atoms with Crippen molar-refractivity contribution < 1.29 is 14.6 Å². The molecule has 1 saturated carbocycles. The highest BCUT2D eigenvalue weighted by Crippen LogP contribution is 2.22. The quantitative estimate of drug-likeness (QED) is 0.539. The molecule has 1 amide bonds. The third-order valence-electron chi connectivity index (χ3n) is 4.53. The van der Waals surface area contributed by atoms with Crippen molar-refractivity contribution in [2.24, 2.45) is 5.92 Å². The number of hydrogen-bond donors (Lipinski definition) is 3. The third-order valence-corrected chi connectivity index (χ3v) is 4.53. The Kier molecular flexibility index (Phi) is 5.45. The fourth-order valence-corrected chi connectivity index (χ4v) is 3.15. The zero-order chi connectivity index (χ0) is 12.8. The van der Waals surface area contributed by atoms with Crippen LogP contribution in [0.25, 0.3) is 0 Å². The average molecular weight is 255 g/mol. The normalized spacial score (nSPS) is 30.1. The number of amides is 1. The van der Waals surface area contributed by atoms with Crippen molar-refractivity contribution in [1.82, 2.24) is 5.32 Å². The lowest BCUT2D eigenvalue weighted by molar-refractivity contribution is -1.000. The molecule has 3 N–H and O–H groups in total. The molecule has 4 heteroatoms. The number of quaternary nitrogens is 2. The van der Waals surface area contributed by atoms with Gasteiger partial charge in [-0.3, -0.25) is 4.79 Å². The molecule has 0 aromatic heterocycles. The van der Waals surface area contributed by atoms with E-state index < -0.39 is 0 Å². The van der Waals surface area contributed by atoms with E-state index in [0.717, 1.165) is 25.6 Å². The van der Waals surface area contributed by atoms with Gasteiger partial charge >= 0.3 is 0 Å². The van der Waals surface area contributed by atoms with Crippen molar-refractivity contribution in [3.05, 3.63) is 0 Å². The van der Waals surface area contributed by atoms with Gasteiger partial charge in [-0.25, -0.2) is 0 Å². The monoisotopic (exact) mass is 255 g/mol. The van der Waals surface area contributed by atoms with Crippen LogP contribution in [0.2, 0.25) is 0 Å². The zero-order valence-electron chi connectivity index (χ0n) is 11.8. The number of rotatable bonds is 4. The number of carbonyl (C=O) groups is 1. The summed E-state index contributed by atoms with van der Waals surface area (Å²) in [5.74, 6) is 1.00. The first-order chi connectivity index (χ1) is 8.74. The molecule has 2 aliphatic rings. The van der Waals surface area contributed by atoms with Gasteiger partial charge in [0.05, 0.1) is 7.05 Å². The molecule has 1 aliphatic heterocycles. The number of piperazine rings is 1. The predicted molar refractivity (Wildman–Crippen MR) is 71.8 cm³/mol. The summed E-state index contributed by atoms with van der Waals surface area (Å²) >= 11 is 0. The van der Waals surface area contributed by atoms with E-state index in [1.807, 2.05) is 0 Å². The summed E-state index contributed by atoms with van der Waals surface area (Å²) < 4.78 is 0. The highest BCUT2D eigenvalue weighted by molar-refractivity contribution is 5.76. The first kappa shape index (κ1) is 13.8. The Morgan fingerprint density at radius 2 is 1.78 bits per heavy atom. The Balaban J connectivity index is 1.59. The van der Waals surface area contributed by atoms with E-state index >= 15 is 0 Å². The minimum atomic E-state index is 0.259. The van der Waals surface area contributed by atoms with E-state index in [4.69, 9.17) is 0 Å². The van der Waals surface area contributed by atoms with E-state index in [2.05, 4.69) is 12.4 Å². The largest absolute Gasteiger partial charge is 0.351 e. The molecule has 0 unspecified atom stereocenters. The van der Waals surface area contributed by atoms with E-state index in [9.17, 15) is 4.79 Å². The van der Waals surface area contributed by atoms with Gasteiger partial charge in [0.25, 0.3) is 5.91 Å². The van der Waals surface area contributed by atoms with Crippen LogP contribution in [0.5, 0.6) is 0 Å². The van der Waals surface area contributed by atoms with Crippen LogP contribution >= 0.6 is 0 Å². The van der Waals surface area contributed by atoms with Crippen LogP contribution in [0.1, 0.15) is 32.1 Å². The van der Waals surface area contributed by atoms with Gasteiger partial charge in [0.2, 0.25) is 0 Å². The fourth-order valence-electron chi connectivity index (χ4n) is 3.15. The molecule has 4 nitrogen and oxygen atoms in total. The average Bonchev–Trinajstić information content (AvgIpc) is 2.40. The smallest absolute Gasteiger partial charge is 0.275 e. The van der Waals surface area contributed by atoms with Gasteiger partial charge in [-0.05, 0) is 18.8 Å². The summed E-state index contributed by atoms with van der Waals surface area (Å²) in [5, 5.41) is 3.14. The molecule has 0 spiro atoms. The Morgan fingerprint density at radius 1 is 1.11 bits per heavy atom. The SMILES string of the molecule is C[NH+]1CC[NH+](CC(=O)NCC2CCCCC2)CC1. The summed E-state index contributed by atoms with van der Waals surface area (Å²) in [7, 11) is 2.24. The molecular weight excluding hydrogens is 226 g/mol. The first-order valence-electron chi connectivity index (χ1n) is 7.65. The van der Waals surface area contributed by atoms with Crippen LogP contribution in [-0.2, 0) is 4.79 Å². The van der Waals surface area contributed by atoms with E-state index in [1.165, 1.54) is 50.1 Å². The molecule has 0 aromatic carbocycles. The molecule has 1 heterocycles. The van der Waals surface area contributed by atoms with Crippen molar-refractivity contribution in [3.63, 3.8) is 0 Å². The third kappa shape index (κ3) is 4.58. The van der Waals surface area contributed by atoms with Crippen LogP contribution in [0.3, 0.4) is 0 Å². The molecular formula is C14H29N3O+2. The lowest BCUT2D eigenvalue weighted by atomic mass is 9.89. The second-order valence-electron chi connectivity index (χ2n) is 6.19. The molecule has 1 saturated heterocycles. The predicted octanol–water partition coefficient (Wildman–Crippen LogP) is -1.90. The van der Waals surface area contributed by atoms with E-state index in [0.29, 0.717) is 6.54 Å². The summed E-state index contributed by atoms with van der Waals surface area (Å²) in [6, 6.07) is 0. The number of nitrogens with one attached hydrogen (secondary N) is 3. The molecule has 0 radical (unpaired) electrons. The molecule has 104 valence electrons. The summed E-state index contributed by atoms with van der Waals surface area (Å²) in [4.78, 5) is 15.0. The van der Waals surface area contributed by atoms with Crippen LogP contribution in [-0.4, -0.2) is 52.2 Å². The minimum Gasteiger partial charge on any atom is -0.351 e. The molecule has 0 aromatic rings. The van der Waals surface area contributed by atoms with E-state index in [1.54, 1.807) is 4.90 Å². The van der Waals surface area contributed by atoms with Gasteiger partial charge in [0.15, 0.2) is 6.54 Å². The first-order valence-corrected chi connectivity index (χ1v) is 7.65. The fraction of sp³-hybridized carbons (Fsp3) is 0.929. The Bertz CT molecular complexity index is 256. The van der Waals surface area contributed by atoms with E-state index in [-0.39, 0.29) is 5.91 Å². The minimum absolute atomic E-state index is 0.259. The Labute approximate surface area is 111 Å². The maximum absolute atomic E-state index is 11.9. The summed E-state index contributed by atoms with van der Waals surface area (Å²) in [6.45, 7) is 6.28. The van der Waals surface area contributed by atoms with Crippen molar-refractivity contribution in [2.45, 2.75) is 32.1 Å². The topological polar surface area (TPSA) is 38.0 Å². The molecule has 0 bridgehead atoms. The van der Waals surface area contributed by atoms with Crippen molar-refractivity contribution in [2.75, 3.05) is 46.3 Å². The van der Waals surface area contributed by atoms with Gasteiger partial charge in [0, 0.05) is 6.54 Å². The molecule has 18 heavy (non-hydrogen) atoms. The molecule has 1 aliphatic carbocycles. The number of hydrogen-bond acceptors (Lipinski definition) is 1. The highest BCUT2D eigenvalue weighted by atomic mass is 16.2. The van der Waals surface area contributed by atoms with Gasteiger partial charge in [-0.1, -0.05) is 19.3 Å². The van der Waals surface area contributed by atoms with Gasteiger partial charge in [-0.15, -0.1) is 0 Å². The highest BCUT2D eigenvalue weighted by Gasteiger charge is 2.22. The lowest BCUT2D eigenvalue weighted by Crippen LogP contribution is -3.27. The lowest BCUT2D eigenvalue weighted by Gasteiger charge is -2.27. The Morgan fingerprint density at radius 3 is 2.44 bits per heavy atom. The summed E-state index contributed by atoms with van der Waals surface area (Å²) in [5.41, 5.74) is 0. The molecule has 0 atom stereocenters. The second-order valence-corrected chi connectivity index (χ2v) is 6.19. The Hall–Kier alpha value is -0.610. The van der Waals surface area contributed by atoms with Gasteiger partial charge in [-0.2, -0.15) is 0 Å². The maximum atomic E-state index is 11.9. The second kappa shape index (κ2) is 7.10. The van der Waals surface area contributed by atoms with Crippen molar-refractivity contribution in [1.29, 1.82) is 0 Å². The summed E-state index contributed by atoms with van der Waals surface area (Å²) in [6.07, 6.45) is 6.72. The number of likely N-dealkylation sites (N-methyl/N-ethyl adjacent to an activating group) is 1. The van der Waals surface area contributed by atoms with Crippen LogP contribution in [0.4, 0.5) is 0 Å². The maximum Gasteiger partial charge on any atom is 0.275 e. The molecule has 2 fully saturated rings. The standard InChI is InChI=1S/C14H27N3O/c1-16-7-9-17(10-8-16)12-14(18)15-11-13-5-3-2-4-6-13/h13H,2-12H2,1H3,(H,15,18)/p+2. The number of carbonyl (C=O) groups excluding carboxylic acids is 1. The molecule has 2 rings (SSSR count). The van der Waals surface area contributed by atoms with Crippen LogP contribution in [0.15, 0.2) is 0 Å². The van der Waals surface area contributed by atoms with Crippen LogP contribution in [0, 0.1) is 5.92 Å². The van der Waals surface area contributed by atoms with Crippen molar-refractivity contribution in [3.8, 4) is 0 Å². The van der Waals surface area contributed by atoms with Crippen molar-refractivity contribution >= 4 is 5.91 Å². The van der Waals surface area contributed by atoms with Gasteiger partial charge < -0.3 is 15.1 Å². The zero-order valence-corrected chi connectivity index (χ0v) is 11.8. The van der Waals surface area contributed by atoms with Gasteiger partial charge in [0.1, 0.15) is 26.2 Å².